The molecule has 0 aliphatic carbocycles. The van der Waals surface area contributed by atoms with Crippen molar-refractivity contribution in [3.05, 3.63) is 23.8 Å². The van der Waals surface area contributed by atoms with Gasteiger partial charge in [-0.2, -0.15) is 0 Å². The molecule has 0 bridgehead atoms. The third-order valence-corrected chi connectivity index (χ3v) is 2.89. The first-order chi connectivity index (χ1) is 8.77. The lowest BCUT2D eigenvalue weighted by molar-refractivity contribution is -0.118. The van der Waals surface area contributed by atoms with Gasteiger partial charge in [0.25, 0.3) is 0 Å². The number of para-hydroxylation sites is 1. The van der Waals surface area contributed by atoms with Crippen molar-refractivity contribution in [3.8, 4) is 11.5 Å². The first-order valence-electron chi connectivity index (χ1n) is 6.39. The molecule has 0 unspecified atom stereocenters. The lowest BCUT2D eigenvalue weighted by atomic mass is 10.1. The smallest absolute Gasteiger partial charge is 0.216 e. The van der Waals surface area contributed by atoms with Gasteiger partial charge in [0.05, 0.1) is 0 Å². The van der Waals surface area contributed by atoms with Gasteiger partial charge in [0, 0.05) is 13.5 Å². The zero-order valence-electron chi connectivity index (χ0n) is 10.7. The van der Waals surface area contributed by atoms with Gasteiger partial charge in [0.2, 0.25) is 5.91 Å². The Hall–Kier alpha value is -1.71. The molecule has 0 saturated heterocycles. The zero-order chi connectivity index (χ0) is 12.8. The number of hydrogen-bond donors (Lipinski definition) is 1. The van der Waals surface area contributed by atoms with E-state index in [1.807, 2.05) is 12.1 Å². The molecule has 1 aromatic carbocycles. The Morgan fingerprint density at radius 2 is 2.11 bits per heavy atom. The van der Waals surface area contributed by atoms with Crippen molar-refractivity contribution in [3.63, 3.8) is 0 Å². The number of carbonyl (C=O) groups is 1. The molecule has 1 aliphatic rings. The van der Waals surface area contributed by atoms with Crippen LogP contribution in [-0.4, -0.2) is 25.7 Å². The van der Waals surface area contributed by atoms with Crippen LogP contribution in [0.3, 0.4) is 0 Å². The largest absolute Gasteiger partial charge is 0.486 e. The summed E-state index contributed by atoms with van der Waals surface area (Å²) in [5, 5.41) is 2.80. The number of hydrogen-bond acceptors (Lipinski definition) is 3. The van der Waals surface area contributed by atoms with E-state index in [4.69, 9.17) is 9.47 Å². The van der Waals surface area contributed by atoms with E-state index in [-0.39, 0.29) is 5.91 Å². The Morgan fingerprint density at radius 1 is 1.28 bits per heavy atom. The number of ether oxygens (including phenoxy) is 2. The molecule has 1 N–H and O–H groups in total. The van der Waals surface area contributed by atoms with Crippen LogP contribution < -0.4 is 14.8 Å². The molecule has 0 spiro atoms. The quantitative estimate of drug-likeness (QED) is 0.811. The average molecular weight is 249 g/mol. The van der Waals surface area contributed by atoms with Gasteiger partial charge in [0.1, 0.15) is 13.2 Å². The summed E-state index contributed by atoms with van der Waals surface area (Å²) in [7, 11) is 0. The molecule has 0 radical (unpaired) electrons. The fourth-order valence-electron chi connectivity index (χ4n) is 2.04. The molecule has 1 heterocycles. The monoisotopic (exact) mass is 249 g/mol. The number of fused-ring (bicyclic) bond motifs is 1. The Balaban J connectivity index is 1.84. The normalized spacial score (nSPS) is 13.2. The van der Waals surface area contributed by atoms with Gasteiger partial charge < -0.3 is 14.8 Å². The minimum absolute atomic E-state index is 0.0313. The second-order valence-electron chi connectivity index (χ2n) is 4.38. The van der Waals surface area contributed by atoms with Crippen LogP contribution in [0.15, 0.2) is 18.2 Å². The zero-order valence-corrected chi connectivity index (χ0v) is 10.7. The molecule has 4 heteroatoms. The van der Waals surface area contributed by atoms with E-state index in [9.17, 15) is 4.79 Å². The maximum atomic E-state index is 10.7. The van der Waals surface area contributed by atoms with Crippen LogP contribution in [0.1, 0.15) is 25.3 Å². The lowest BCUT2D eigenvalue weighted by Gasteiger charge is -2.20. The van der Waals surface area contributed by atoms with E-state index in [0.29, 0.717) is 13.2 Å². The highest BCUT2D eigenvalue weighted by Crippen LogP contribution is 2.34. The van der Waals surface area contributed by atoms with Gasteiger partial charge in [-0.3, -0.25) is 4.79 Å². The SMILES string of the molecule is CC(=O)NCCCCc1cccc2c1OCCO2. The molecule has 0 saturated carbocycles. The molecule has 4 nitrogen and oxygen atoms in total. The van der Waals surface area contributed by atoms with Crippen molar-refractivity contribution >= 4 is 5.91 Å². The number of benzene rings is 1. The third kappa shape index (κ3) is 3.39. The highest BCUT2D eigenvalue weighted by atomic mass is 16.6. The maximum Gasteiger partial charge on any atom is 0.216 e. The Morgan fingerprint density at radius 3 is 2.94 bits per heavy atom. The third-order valence-electron chi connectivity index (χ3n) is 2.89. The number of unbranched alkanes of at least 4 members (excludes halogenated alkanes) is 1. The predicted octanol–water partition coefficient (Wildman–Crippen LogP) is 1.92. The Kier molecular flexibility index (Phi) is 4.45. The van der Waals surface area contributed by atoms with Crippen LogP contribution in [0.2, 0.25) is 0 Å². The number of carbonyl (C=O) groups excluding carboxylic acids is 1. The number of nitrogens with one attached hydrogen (secondary N) is 1. The van der Waals surface area contributed by atoms with Crippen LogP contribution in [0.4, 0.5) is 0 Å². The van der Waals surface area contributed by atoms with Crippen molar-refractivity contribution in [2.45, 2.75) is 26.2 Å². The fourth-order valence-corrected chi connectivity index (χ4v) is 2.04. The fraction of sp³-hybridized carbons (Fsp3) is 0.500. The molecular weight excluding hydrogens is 230 g/mol. The van der Waals surface area contributed by atoms with Crippen molar-refractivity contribution in [1.29, 1.82) is 0 Å². The van der Waals surface area contributed by atoms with Gasteiger partial charge >= 0.3 is 0 Å². The van der Waals surface area contributed by atoms with Crippen molar-refractivity contribution in [1.82, 2.24) is 5.32 Å². The summed E-state index contributed by atoms with van der Waals surface area (Å²) in [4.78, 5) is 10.7. The summed E-state index contributed by atoms with van der Waals surface area (Å²) in [6, 6.07) is 6.01. The first-order valence-corrected chi connectivity index (χ1v) is 6.39. The molecule has 1 amide bonds. The number of amides is 1. The molecular formula is C14H19NO3. The number of rotatable bonds is 5. The average Bonchev–Trinajstić information content (AvgIpc) is 2.38. The van der Waals surface area contributed by atoms with E-state index in [1.54, 1.807) is 6.92 Å². The van der Waals surface area contributed by atoms with Crippen LogP contribution in [0, 0.1) is 0 Å². The summed E-state index contributed by atoms with van der Waals surface area (Å²) in [6.07, 6.45) is 2.95. The molecule has 98 valence electrons. The van der Waals surface area contributed by atoms with Crippen molar-refractivity contribution in [2.75, 3.05) is 19.8 Å². The van der Waals surface area contributed by atoms with E-state index in [0.717, 1.165) is 37.3 Å². The van der Waals surface area contributed by atoms with Gasteiger partial charge in [-0.25, -0.2) is 0 Å². The van der Waals surface area contributed by atoms with E-state index >= 15 is 0 Å². The maximum absolute atomic E-state index is 10.7. The van der Waals surface area contributed by atoms with E-state index < -0.39 is 0 Å². The molecule has 0 fully saturated rings. The second kappa shape index (κ2) is 6.28. The molecule has 0 aromatic heterocycles. The molecule has 1 aliphatic heterocycles. The second-order valence-corrected chi connectivity index (χ2v) is 4.38. The van der Waals surface area contributed by atoms with Crippen LogP contribution in [0.5, 0.6) is 11.5 Å². The van der Waals surface area contributed by atoms with Gasteiger partial charge in [-0.05, 0) is 30.9 Å². The first kappa shape index (κ1) is 12.7. The van der Waals surface area contributed by atoms with E-state index in [1.165, 1.54) is 5.56 Å². The molecule has 18 heavy (non-hydrogen) atoms. The predicted molar refractivity (Wildman–Crippen MR) is 69.1 cm³/mol. The highest BCUT2D eigenvalue weighted by Gasteiger charge is 2.14. The minimum Gasteiger partial charge on any atom is -0.486 e. The topological polar surface area (TPSA) is 47.6 Å². The lowest BCUT2D eigenvalue weighted by Crippen LogP contribution is -2.21. The van der Waals surface area contributed by atoms with Gasteiger partial charge in [0.15, 0.2) is 11.5 Å². The molecule has 0 atom stereocenters. The number of aryl methyl sites for hydroxylation is 1. The minimum atomic E-state index is 0.0313. The van der Waals surface area contributed by atoms with Crippen molar-refractivity contribution < 1.29 is 14.3 Å². The summed E-state index contributed by atoms with van der Waals surface area (Å²) >= 11 is 0. The van der Waals surface area contributed by atoms with Crippen LogP contribution >= 0.6 is 0 Å². The standard InChI is InChI=1S/C14H19NO3/c1-11(16)15-8-3-2-5-12-6-4-7-13-14(12)18-10-9-17-13/h4,6-7H,2-3,5,8-10H2,1H3,(H,15,16). The summed E-state index contributed by atoms with van der Waals surface area (Å²) in [5.74, 6) is 1.77. The molecule has 1 aromatic rings. The highest BCUT2D eigenvalue weighted by molar-refractivity contribution is 5.72. The summed E-state index contributed by atoms with van der Waals surface area (Å²) in [6.45, 7) is 3.52. The Bertz CT molecular complexity index is 418. The summed E-state index contributed by atoms with van der Waals surface area (Å²) in [5.41, 5.74) is 1.19. The van der Waals surface area contributed by atoms with Crippen molar-refractivity contribution in [2.24, 2.45) is 0 Å². The van der Waals surface area contributed by atoms with Gasteiger partial charge in [-0.1, -0.05) is 12.1 Å². The van der Waals surface area contributed by atoms with Crippen LogP contribution in [0.25, 0.3) is 0 Å². The van der Waals surface area contributed by atoms with E-state index in [2.05, 4.69) is 11.4 Å². The summed E-state index contributed by atoms with van der Waals surface area (Å²) < 4.78 is 11.2. The van der Waals surface area contributed by atoms with Gasteiger partial charge in [-0.15, -0.1) is 0 Å². The molecule has 2 rings (SSSR count). The van der Waals surface area contributed by atoms with Crippen LogP contribution in [-0.2, 0) is 11.2 Å². The Labute approximate surface area is 107 Å².